The summed E-state index contributed by atoms with van der Waals surface area (Å²) in [4.78, 5) is 4.28. The molecule has 3 N–H and O–H groups in total. The Balaban J connectivity index is 1.59. The molecule has 6 nitrogen and oxygen atoms in total. The first-order chi connectivity index (χ1) is 13.0. The van der Waals surface area contributed by atoms with E-state index in [0.29, 0.717) is 22.8 Å². The van der Waals surface area contributed by atoms with Crippen molar-refractivity contribution in [1.29, 1.82) is 0 Å². The smallest absolute Gasteiger partial charge is 0.365 e. The lowest BCUT2D eigenvalue weighted by Crippen LogP contribution is -2.38. The molecule has 3 heterocycles. The summed E-state index contributed by atoms with van der Waals surface area (Å²) in [5.41, 5.74) is 1.13. The molecule has 1 fully saturated rings. The highest BCUT2D eigenvalue weighted by atomic mass is 19.4. The Morgan fingerprint density at radius 2 is 2.00 bits per heavy atom. The monoisotopic (exact) mass is 376 g/mol. The predicted octanol–water partition coefficient (Wildman–Crippen LogP) is 3.66. The second kappa shape index (κ2) is 7.07. The minimum Gasteiger partial charge on any atom is -0.365 e. The van der Waals surface area contributed by atoms with Crippen molar-refractivity contribution in [2.75, 3.05) is 23.7 Å². The lowest BCUT2D eigenvalue weighted by molar-refractivity contribution is -0.137. The first-order valence-electron chi connectivity index (χ1n) is 8.75. The fourth-order valence-corrected chi connectivity index (χ4v) is 3.16. The normalized spacial score (nSPS) is 17.8. The number of imidazole rings is 1. The summed E-state index contributed by atoms with van der Waals surface area (Å²) in [5, 5.41) is 14.4. The molecule has 1 aliphatic heterocycles. The Morgan fingerprint density at radius 1 is 1.19 bits per heavy atom. The summed E-state index contributed by atoms with van der Waals surface area (Å²) in [5.74, 6) is 0.684. The van der Waals surface area contributed by atoms with Crippen LogP contribution in [0, 0.1) is 0 Å². The molecule has 0 unspecified atom stereocenters. The number of fused-ring (bicyclic) bond motifs is 1. The summed E-state index contributed by atoms with van der Waals surface area (Å²) in [7, 11) is 0. The average molecular weight is 376 g/mol. The standard InChI is InChI=1S/C18H19F3N6/c19-18(20,21)12-3-5-13(6-4-12)24-15-10-16(25-14-2-1-7-22-11-14)26-27-9-8-23-17(15)27/h3-6,8-10,14,22,24H,1-2,7,11H2,(H,25,26)/t14-/m0/s1. The third-order valence-electron chi connectivity index (χ3n) is 4.50. The maximum Gasteiger partial charge on any atom is 0.416 e. The van der Waals surface area contributed by atoms with Gasteiger partial charge in [-0.15, -0.1) is 5.10 Å². The van der Waals surface area contributed by atoms with E-state index in [2.05, 4.69) is 26.0 Å². The molecule has 142 valence electrons. The van der Waals surface area contributed by atoms with Crippen molar-refractivity contribution < 1.29 is 13.2 Å². The number of rotatable bonds is 4. The molecule has 1 atom stereocenters. The maximum absolute atomic E-state index is 12.7. The number of nitrogens with one attached hydrogen (secondary N) is 3. The molecular weight excluding hydrogens is 357 g/mol. The third kappa shape index (κ3) is 3.97. The van der Waals surface area contributed by atoms with Crippen LogP contribution >= 0.6 is 0 Å². The van der Waals surface area contributed by atoms with Crippen LogP contribution in [-0.2, 0) is 6.18 Å². The summed E-state index contributed by atoms with van der Waals surface area (Å²) in [6, 6.07) is 7.03. The number of halogens is 3. The first kappa shape index (κ1) is 17.6. The number of alkyl halides is 3. The Labute approximate surface area is 153 Å². The highest BCUT2D eigenvalue weighted by molar-refractivity contribution is 5.75. The molecule has 1 saturated heterocycles. The number of benzene rings is 1. The van der Waals surface area contributed by atoms with E-state index in [1.54, 1.807) is 16.9 Å². The molecule has 0 amide bonds. The zero-order valence-corrected chi connectivity index (χ0v) is 14.4. The van der Waals surface area contributed by atoms with E-state index >= 15 is 0 Å². The van der Waals surface area contributed by atoms with Gasteiger partial charge in [0.05, 0.1) is 11.3 Å². The average Bonchev–Trinajstić information content (AvgIpc) is 3.11. The first-order valence-corrected chi connectivity index (χ1v) is 8.75. The van der Waals surface area contributed by atoms with Crippen LogP contribution in [0.25, 0.3) is 5.65 Å². The van der Waals surface area contributed by atoms with E-state index in [1.165, 1.54) is 12.1 Å². The molecule has 9 heteroatoms. The highest BCUT2D eigenvalue weighted by Gasteiger charge is 2.30. The Morgan fingerprint density at radius 3 is 2.70 bits per heavy atom. The quantitative estimate of drug-likeness (QED) is 0.649. The Kier molecular flexibility index (Phi) is 4.61. The van der Waals surface area contributed by atoms with Gasteiger partial charge in [0.2, 0.25) is 0 Å². The molecule has 1 aromatic carbocycles. The van der Waals surface area contributed by atoms with Gasteiger partial charge in [0, 0.05) is 36.7 Å². The van der Waals surface area contributed by atoms with Crippen molar-refractivity contribution >= 4 is 22.8 Å². The van der Waals surface area contributed by atoms with Crippen molar-refractivity contribution in [3.05, 3.63) is 48.3 Å². The number of piperidine rings is 1. The third-order valence-corrected chi connectivity index (χ3v) is 4.50. The van der Waals surface area contributed by atoms with Crippen molar-refractivity contribution in [2.24, 2.45) is 0 Å². The molecule has 3 aromatic rings. The van der Waals surface area contributed by atoms with Gasteiger partial charge in [-0.25, -0.2) is 9.50 Å². The van der Waals surface area contributed by atoms with E-state index < -0.39 is 11.7 Å². The minimum absolute atomic E-state index is 0.283. The molecule has 0 bridgehead atoms. The van der Waals surface area contributed by atoms with Gasteiger partial charge in [-0.3, -0.25) is 0 Å². The number of aromatic nitrogens is 3. The van der Waals surface area contributed by atoms with E-state index in [4.69, 9.17) is 0 Å². The van der Waals surface area contributed by atoms with Crippen molar-refractivity contribution in [3.63, 3.8) is 0 Å². The van der Waals surface area contributed by atoms with Crippen molar-refractivity contribution in [1.82, 2.24) is 19.9 Å². The lowest BCUT2D eigenvalue weighted by atomic mass is 10.1. The molecule has 1 aliphatic rings. The molecule has 0 spiro atoms. The Hall–Kier alpha value is -2.81. The fraction of sp³-hybridized carbons (Fsp3) is 0.333. The predicted molar refractivity (Wildman–Crippen MR) is 97.2 cm³/mol. The molecule has 0 saturated carbocycles. The van der Waals surface area contributed by atoms with E-state index in [1.807, 2.05) is 6.07 Å². The summed E-state index contributed by atoms with van der Waals surface area (Å²) in [6.07, 6.45) is 1.17. The zero-order valence-electron chi connectivity index (χ0n) is 14.4. The van der Waals surface area contributed by atoms with Gasteiger partial charge in [0.25, 0.3) is 0 Å². The van der Waals surface area contributed by atoms with Crippen LogP contribution in [0.15, 0.2) is 42.7 Å². The van der Waals surface area contributed by atoms with Gasteiger partial charge in [-0.1, -0.05) is 0 Å². The maximum atomic E-state index is 12.7. The van der Waals surface area contributed by atoms with E-state index in [-0.39, 0.29) is 6.04 Å². The number of anilines is 3. The molecule has 27 heavy (non-hydrogen) atoms. The second-order valence-corrected chi connectivity index (χ2v) is 6.53. The number of hydrogen-bond acceptors (Lipinski definition) is 5. The van der Waals surface area contributed by atoms with Crippen molar-refractivity contribution in [2.45, 2.75) is 25.1 Å². The fourth-order valence-electron chi connectivity index (χ4n) is 3.16. The SMILES string of the molecule is FC(F)(F)c1ccc(Nc2cc(N[C@H]3CCCNC3)nn3ccnc23)cc1. The molecule has 2 aromatic heterocycles. The van der Waals surface area contributed by atoms with Gasteiger partial charge in [-0.05, 0) is 43.7 Å². The lowest BCUT2D eigenvalue weighted by Gasteiger charge is -2.24. The second-order valence-electron chi connectivity index (χ2n) is 6.53. The van der Waals surface area contributed by atoms with Gasteiger partial charge in [-0.2, -0.15) is 13.2 Å². The van der Waals surface area contributed by atoms with E-state index in [0.717, 1.165) is 38.1 Å². The zero-order chi connectivity index (χ0) is 18.9. The van der Waals surface area contributed by atoms with Crippen LogP contribution in [-0.4, -0.2) is 33.7 Å². The summed E-state index contributed by atoms with van der Waals surface area (Å²) in [6.45, 7) is 1.89. The van der Waals surface area contributed by atoms with Crippen LogP contribution < -0.4 is 16.0 Å². The molecule has 0 aliphatic carbocycles. The van der Waals surface area contributed by atoms with Crippen molar-refractivity contribution in [3.8, 4) is 0 Å². The van der Waals surface area contributed by atoms with Gasteiger partial charge in [0.1, 0.15) is 5.82 Å². The van der Waals surface area contributed by atoms with Crippen LogP contribution in [0.5, 0.6) is 0 Å². The molecule has 0 radical (unpaired) electrons. The summed E-state index contributed by atoms with van der Waals surface area (Å²) >= 11 is 0. The van der Waals surface area contributed by atoms with Gasteiger partial charge < -0.3 is 16.0 Å². The van der Waals surface area contributed by atoms with Gasteiger partial charge >= 0.3 is 6.18 Å². The number of nitrogens with zero attached hydrogens (tertiary/aromatic N) is 3. The van der Waals surface area contributed by atoms with Crippen LogP contribution in [0.4, 0.5) is 30.4 Å². The van der Waals surface area contributed by atoms with Crippen LogP contribution in [0.3, 0.4) is 0 Å². The summed E-state index contributed by atoms with van der Waals surface area (Å²) < 4.78 is 39.8. The molecular formula is C18H19F3N6. The largest absolute Gasteiger partial charge is 0.416 e. The van der Waals surface area contributed by atoms with Crippen LogP contribution in [0.1, 0.15) is 18.4 Å². The highest BCUT2D eigenvalue weighted by Crippen LogP contribution is 2.31. The Bertz CT molecular complexity index is 913. The minimum atomic E-state index is -4.35. The van der Waals surface area contributed by atoms with Gasteiger partial charge in [0.15, 0.2) is 5.65 Å². The topological polar surface area (TPSA) is 66.3 Å². The van der Waals surface area contributed by atoms with E-state index in [9.17, 15) is 13.2 Å². The molecule has 4 rings (SSSR count). The van der Waals surface area contributed by atoms with Crippen LogP contribution in [0.2, 0.25) is 0 Å². The number of hydrogen-bond donors (Lipinski definition) is 3.